The molecule has 114 valence electrons. The predicted octanol–water partition coefficient (Wildman–Crippen LogP) is 5.51. The first-order valence-corrected chi connectivity index (χ1v) is 7.81. The highest BCUT2D eigenvalue weighted by Gasteiger charge is 2.19. The van der Waals surface area contributed by atoms with Crippen LogP contribution < -0.4 is 0 Å². The third-order valence-corrected chi connectivity index (χ3v) is 4.41. The maximum Gasteiger partial charge on any atom is 0.231 e. The van der Waals surface area contributed by atoms with Crippen LogP contribution in [-0.4, -0.2) is 10.1 Å². The molecule has 1 N–H and O–H groups in total. The fourth-order valence-electron chi connectivity index (χ4n) is 3.32. The third-order valence-electron chi connectivity index (χ3n) is 4.41. The molecule has 0 saturated carbocycles. The summed E-state index contributed by atoms with van der Waals surface area (Å²) in [6, 6.07) is 23.5. The standard InChI is InChI=1S/C21H13NO2/c23-20-16-10-4-2-8-14(16)13-7-1-3-9-15(13)19(20)21-22-17-11-5-6-12-18(17)24-21/h1-12,23H. The summed E-state index contributed by atoms with van der Waals surface area (Å²) < 4.78 is 5.92. The molecule has 0 radical (unpaired) electrons. The van der Waals surface area contributed by atoms with Gasteiger partial charge in [0.05, 0.1) is 5.56 Å². The molecule has 24 heavy (non-hydrogen) atoms. The van der Waals surface area contributed by atoms with Gasteiger partial charge in [0.2, 0.25) is 5.89 Å². The topological polar surface area (TPSA) is 46.3 Å². The van der Waals surface area contributed by atoms with Crippen LogP contribution in [0.3, 0.4) is 0 Å². The minimum Gasteiger partial charge on any atom is -0.506 e. The number of aromatic hydroxyl groups is 1. The van der Waals surface area contributed by atoms with Crippen molar-refractivity contribution in [3.63, 3.8) is 0 Å². The summed E-state index contributed by atoms with van der Waals surface area (Å²) in [4.78, 5) is 4.57. The Morgan fingerprint density at radius 3 is 2.00 bits per heavy atom. The van der Waals surface area contributed by atoms with Gasteiger partial charge in [0.1, 0.15) is 11.3 Å². The highest BCUT2D eigenvalue weighted by Crippen LogP contribution is 2.43. The largest absolute Gasteiger partial charge is 0.506 e. The second-order valence-corrected chi connectivity index (χ2v) is 5.80. The van der Waals surface area contributed by atoms with Gasteiger partial charge in [-0.05, 0) is 28.3 Å². The number of phenols is 1. The maximum absolute atomic E-state index is 10.9. The van der Waals surface area contributed by atoms with Crippen LogP contribution in [0.5, 0.6) is 5.75 Å². The zero-order valence-electron chi connectivity index (χ0n) is 12.7. The van der Waals surface area contributed by atoms with E-state index in [1.807, 2.05) is 66.7 Å². The van der Waals surface area contributed by atoms with E-state index in [9.17, 15) is 5.11 Å². The van der Waals surface area contributed by atoms with Crippen molar-refractivity contribution in [2.45, 2.75) is 0 Å². The van der Waals surface area contributed by atoms with Crippen molar-refractivity contribution in [3.05, 3.63) is 72.8 Å². The van der Waals surface area contributed by atoms with Crippen molar-refractivity contribution >= 4 is 32.6 Å². The minimum atomic E-state index is 0.204. The lowest BCUT2D eigenvalue weighted by atomic mass is 9.96. The molecule has 0 unspecified atom stereocenters. The van der Waals surface area contributed by atoms with Crippen molar-refractivity contribution in [2.75, 3.05) is 0 Å². The van der Waals surface area contributed by atoms with Gasteiger partial charge in [-0.25, -0.2) is 4.98 Å². The lowest BCUT2D eigenvalue weighted by Gasteiger charge is -2.11. The molecule has 0 amide bonds. The van der Waals surface area contributed by atoms with E-state index in [1.165, 1.54) is 0 Å². The Balaban J connectivity index is 1.97. The van der Waals surface area contributed by atoms with Gasteiger partial charge in [-0.3, -0.25) is 0 Å². The average Bonchev–Trinajstić information content (AvgIpc) is 3.06. The lowest BCUT2D eigenvalue weighted by molar-refractivity contribution is 0.481. The SMILES string of the molecule is Oc1c(-c2nc3ccccc3o2)c2ccccc2c2ccccc12. The number of para-hydroxylation sites is 2. The minimum absolute atomic E-state index is 0.204. The first-order valence-electron chi connectivity index (χ1n) is 7.81. The van der Waals surface area contributed by atoms with E-state index in [0.717, 1.165) is 27.1 Å². The van der Waals surface area contributed by atoms with Crippen LogP contribution in [0.2, 0.25) is 0 Å². The van der Waals surface area contributed by atoms with E-state index >= 15 is 0 Å². The molecule has 1 aromatic heterocycles. The van der Waals surface area contributed by atoms with E-state index in [2.05, 4.69) is 11.1 Å². The van der Waals surface area contributed by atoms with Crippen LogP contribution in [-0.2, 0) is 0 Å². The number of oxazole rings is 1. The van der Waals surface area contributed by atoms with Crippen LogP contribution in [0.25, 0.3) is 44.1 Å². The van der Waals surface area contributed by atoms with Crippen LogP contribution in [0.1, 0.15) is 0 Å². The van der Waals surface area contributed by atoms with Crippen molar-refractivity contribution in [1.82, 2.24) is 4.98 Å². The molecule has 0 saturated heterocycles. The van der Waals surface area contributed by atoms with E-state index in [-0.39, 0.29) is 5.75 Å². The summed E-state index contributed by atoms with van der Waals surface area (Å²) in [5.41, 5.74) is 2.13. The Morgan fingerprint density at radius 1 is 0.667 bits per heavy atom. The van der Waals surface area contributed by atoms with Gasteiger partial charge in [-0.2, -0.15) is 0 Å². The molecule has 0 aliphatic rings. The molecule has 3 nitrogen and oxygen atoms in total. The summed E-state index contributed by atoms with van der Waals surface area (Å²) in [6.45, 7) is 0. The number of benzene rings is 4. The van der Waals surface area contributed by atoms with Crippen LogP contribution in [0, 0.1) is 0 Å². The normalized spacial score (nSPS) is 11.5. The Kier molecular flexibility index (Phi) is 2.65. The lowest BCUT2D eigenvalue weighted by Crippen LogP contribution is -1.86. The molecule has 0 fully saturated rings. The molecule has 5 rings (SSSR count). The van der Waals surface area contributed by atoms with Gasteiger partial charge in [0.25, 0.3) is 0 Å². The Hall–Kier alpha value is -3.33. The summed E-state index contributed by atoms with van der Waals surface area (Å²) in [5.74, 6) is 0.645. The average molecular weight is 311 g/mol. The predicted molar refractivity (Wildman–Crippen MR) is 96.1 cm³/mol. The molecular weight excluding hydrogens is 298 g/mol. The van der Waals surface area contributed by atoms with Crippen LogP contribution >= 0.6 is 0 Å². The second kappa shape index (κ2) is 4.83. The summed E-state index contributed by atoms with van der Waals surface area (Å²) in [5, 5.41) is 14.7. The molecule has 1 heterocycles. The van der Waals surface area contributed by atoms with Crippen LogP contribution in [0.4, 0.5) is 0 Å². The highest BCUT2D eigenvalue weighted by molar-refractivity contribution is 6.16. The molecule has 4 aromatic carbocycles. The molecule has 0 atom stereocenters. The van der Waals surface area contributed by atoms with Gasteiger partial charge in [0.15, 0.2) is 5.58 Å². The van der Waals surface area contributed by atoms with Gasteiger partial charge in [-0.15, -0.1) is 0 Å². The number of fused-ring (bicyclic) bond motifs is 4. The fraction of sp³-hybridized carbons (Fsp3) is 0. The van der Waals surface area contributed by atoms with Gasteiger partial charge >= 0.3 is 0 Å². The molecule has 3 heteroatoms. The van der Waals surface area contributed by atoms with Crippen LogP contribution in [0.15, 0.2) is 77.2 Å². The van der Waals surface area contributed by atoms with Crippen molar-refractivity contribution in [1.29, 1.82) is 0 Å². The Labute approximate surface area is 137 Å². The maximum atomic E-state index is 10.9. The molecule has 0 aliphatic heterocycles. The number of phenolic OH excluding ortho intramolecular Hbond substituents is 1. The van der Waals surface area contributed by atoms with Crippen molar-refractivity contribution < 1.29 is 9.52 Å². The van der Waals surface area contributed by atoms with E-state index < -0.39 is 0 Å². The second-order valence-electron chi connectivity index (χ2n) is 5.80. The zero-order valence-corrected chi connectivity index (χ0v) is 12.7. The number of nitrogens with zero attached hydrogens (tertiary/aromatic N) is 1. The van der Waals surface area contributed by atoms with Crippen molar-refractivity contribution in [2.24, 2.45) is 0 Å². The van der Waals surface area contributed by atoms with Gasteiger partial charge < -0.3 is 9.52 Å². The number of hydrogen-bond donors (Lipinski definition) is 1. The van der Waals surface area contributed by atoms with E-state index in [1.54, 1.807) is 0 Å². The quantitative estimate of drug-likeness (QED) is 0.415. The number of hydrogen-bond acceptors (Lipinski definition) is 3. The number of rotatable bonds is 1. The monoisotopic (exact) mass is 311 g/mol. The summed E-state index contributed by atoms with van der Waals surface area (Å²) in [6.07, 6.45) is 0. The Morgan fingerprint density at radius 2 is 1.25 bits per heavy atom. The third kappa shape index (κ3) is 1.75. The molecule has 0 spiro atoms. The zero-order chi connectivity index (χ0) is 16.1. The first kappa shape index (κ1) is 13.1. The summed E-state index contributed by atoms with van der Waals surface area (Å²) in [7, 11) is 0. The molecular formula is C21H13NO2. The Bertz CT molecular complexity index is 1190. The number of aromatic nitrogens is 1. The van der Waals surface area contributed by atoms with E-state index in [4.69, 9.17) is 4.42 Å². The van der Waals surface area contributed by atoms with Gasteiger partial charge in [-0.1, -0.05) is 60.7 Å². The van der Waals surface area contributed by atoms with Crippen molar-refractivity contribution in [3.8, 4) is 17.2 Å². The fourth-order valence-corrected chi connectivity index (χ4v) is 3.32. The molecule has 5 aromatic rings. The van der Waals surface area contributed by atoms with E-state index in [0.29, 0.717) is 17.0 Å². The smallest absolute Gasteiger partial charge is 0.231 e. The van der Waals surface area contributed by atoms with Gasteiger partial charge in [0, 0.05) is 5.39 Å². The first-order chi connectivity index (χ1) is 11.8. The molecule has 0 aliphatic carbocycles. The molecule has 0 bridgehead atoms. The highest BCUT2D eigenvalue weighted by atomic mass is 16.3. The summed E-state index contributed by atoms with van der Waals surface area (Å²) >= 11 is 0.